The highest BCUT2D eigenvalue weighted by Crippen LogP contribution is 2.33. The van der Waals surface area contributed by atoms with Gasteiger partial charge in [-0.2, -0.15) is 0 Å². The van der Waals surface area contributed by atoms with E-state index in [4.69, 9.17) is 10.5 Å². The van der Waals surface area contributed by atoms with Gasteiger partial charge in [0.2, 0.25) is 5.91 Å². The number of benzene rings is 1. The average molecular weight is 366 g/mol. The fourth-order valence-electron chi connectivity index (χ4n) is 2.15. The van der Waals surface area contributed by atoms with Gasteiger partial charge in [-0.1, -0.05) is 15.9 Å². The summed E-state index contributed by atoms with van der Waals surface area (Å²) in [6.07, 6.45) is 1.20. The first-order chi connectivity index (χ1) is 9.07. The minimum Gasteiger partial charge on any atom is -0.506 e. The number of halogens is 2. The van der Waals surface area contributed by atoms with Crippen molar-refractivity contribution in [2.45, 2.75) is 12.8 Å². The molecule has 1 fully saturated rings. The number of rotatable bonds is 3. The van der Waals surface area contributed by atoms with Crippen LogP contribution in [0.4, 0.5) is 5.69 Å². The quantitative estimate of drug-likeness (QED) is 0.717. The van der Waals surface area contributed by atoms with E-state index in [1.54, 1.807) is 12.1 Å². The molecule has 0 aromatic heterocycles. The van der Waals surface area contributed by atoms with Crippen LogP contribution < -0.4 is 11.1 Å². The Bertz CT molecular complexity index is 479. The van der Waals surface area contributed by atoms with Crippen LogP contribution in [0.1, 0.15) is 12.8 Å². The molecule has 1 amide bonds. The Labute approximate surface area is 132 Å². The van der Waals surface area contributed by atoms with Gasteiger partial charge in [0.25, 0.3) is 0 Å². The second-order valence-electron chi connectivity index (χ2n) is 4.71. The molecule has 1 aliphatic rings. The van der Waals surface area contributed by atoms with E-state index in [-0.39, 0.29) is 30.6 Å². The number of ether oxygens (including phenoxy) is 1. The Hall–Kier alpha value is -0.820. The lowest BCUT2D eigenvalue weighted by molar-refractivity contribution is -0.130. The number of nitrogens with two attached hydrogens (primary N) is 1. The lowest BCUT2D eigenvalue weighted by atomic mass is 9.79. The highest BCUT2D eigenvalue weighted by atomic mass is 79.9. The largest absolute Gasteiger partial charge is 0.506 e. The van der Waals surface area contributed by atoms with Gasteiger partial charge < -0.3 is 20.9 Å². The van der Waals surface area contributed by atoms with Gasteiger partial charge in [0, 0.05) is 24.2 Å². The summed E-state index contributed by atoms with van der Waals surface area (Å²) in [6.45, 7) is 1.35. The van der Waals surface area contributed by atoms with Crippen LogP contribution in [0.25, 0.3) is 0 Å². The minimum atomic E-state index is -0.604. The van der Waals surface area contributed by atoms with Crippen molar-refractivity contribution in [3.05, 3.63) is 22.7 Å². The van der Waals surface area contributed by atoms with Crippen LogP contribution in [0.15, 0.2) is 22.7 Å². The van der Waals surface area contributed by atoms with Gasteiger partial charge in [-0.3, -0.25) is 4.79 Å². The van der Waals surface area contributed by atoms with Crippen LogP contribution in [0.5, 0.6) is 5.75 Å². The number of phenols is 1. The summed E-state index contributed by atoms with van der Waals surface area (Å²) in [7, 11) is 0. The number of aromatic hydroxyl groups is 1. The van der Waals surface area contributed by atoms with Gasteiger partial charge in [-0.15, -0.1) is 12.4 Å². The molecule has 1 aliphatic heterocycles. The van der Waals surface area contributed by atoms with Gasteiger partial charge in [-0.05, 0) is 31.0 Å². The standard InChI is InChI=1S/C13H17BrN2O3.ClH/c14-9-1-2-11(17)10(7-9)16-12(18)13(8-15)3-5-19-6-4-13;/h1-2,7,17H,3-6,8,15H2,(H,16,18);1H. The number of hydrogen-bond donors (Lipinski definition) is 3. The van der Waals surface area contributed by atoms with E-state index in [0.717, 1.165) is 4.47 Å². The molecule has 0 unspecified atom stereocenters. The Morgan fingerprint density at radius 3 is 2.70 bits per heavy atom. The first kappa shape index (κ1) is 17.2. The summed E-state index contributed by atoms with van der Waals surface area (Å²) in [5.74, 6) is -0.123. The highest BCUT2D eigenvalue weighted by molar-refractivity contribution is 9.10. The molecule has 0 spiro atoms. The van der Waals surface area contributed by atoms with Crippen molar-refractivity contribution in [1.82, 2.24) is 0 Å². The van der Waals surface area contributed by atoms with Crippen LogP contribution in [0, 0.1) is 5.41 Å². The fraction of sp³-hybridized carbons (Fsp3) is 0.462. The van der Waals surface area contributed by atoms with Gasteiger partial charge in [0.15, 0.2) is 0 Å². The third-order valence-electron chi connectivity index (χ3n) is 3.53. The molecular formula is C13H18BrClN2O3. The number of anilines is 1. The van der Waals surface area contributed by atoms with Crippen molar-refractivity contribution in [2.75, 3.05) is 25.1 Å². The van der Waals surface area contributed by atoms with Crippen molar-refractivity contribution in [3.8, 4) is 5.75 Å². The summed E-state index contributed by atoms with van der Waals surface area (Å²) < 4.78 is 6.06. The molecule has 0 atom stereocenters. The van der Waals surface area contributed by atoms with Crippen molar-refractivity contribution < 1.29 is 14.6 Å². The smallest absolute Gasteiger partial charge is 0.232 e. The molecule has 1 saturated heterocycles. The summed E-state index contributed by atoms with van der Waals surface area (Å²) >= 11 is 3.31. The zero-order chi connectivity index (χ0) is 13.9. The van der Waals surface area contributed by atoms with Crippen LogP contribution in [-0.4, -0.2) is 30.8 Å². The number of phenolic OH excluding ortho intramolecular Hbond substituents is 1. The number of nitrogens with one attached hydrogen (secondary N) is 1. The van der Waals surface area contributed by atoms with Crippen molar-refractivity contribution >= 4 is 39.9 Å². The second-order valence-corrected chi connectivity index (χ2v) is 5.63. The molecule has 1 aromatic rings. The Morgan fingerprint density at radius 1 is 1.45 bits per heavy atom. The van der Waals surface area contributed by atoms with Gasteiger partial charge in [-0.25, -0.2) is 0 Å². The zero-order valence-corrected chi connectivity index (χ0v) is 13.3. The van der Waals surface area contributed by atoms with E-state index < -0.39 is 5.41 Å². The van der Waals surface area contributed by atoms with E-state index in [1.165, 1.54) is 6.07 Å². The number of hydrogen-bond acceptors (Lipinski definition) is 4. The molecule has 0 radical (unpaired) electrons. The second kappa shape index (κ2) is 7.26. The molecule has 4 N–H and O–H groups in total. The summed E-state index contributed by atoms with van der Waals surface area (Å²) in [6, 6.07) is 4.90. The van der Waals surface area contributed by atoms with Crippen molar-refractivity contribution in [1.29, 1.82) is 0 Å². The average Bonchev–Trinajstić information content (AvgIpc) is 2.43. The maximum atomic E-state index is 12.4. The Morgan fingerprint density at radius 2 is 2.10 bits per heavy atom. The number of carbonyl (C=O) groups is 1. The topological polar surface area (TPSA) is 84.6 Å². The van der Waals surface area contributed by atoms with E-state index >= 15 is 0 Å². The van der Waals surface area contributed by atoms with E-state index in [2.05, 4.69) is 21.2 Å². The van der Waals surface area contributed by atoms with E-state index in [9.17, 15) is 9.90 Å². The number of carbonyl (C=O) groups excluding carboxylic acids is 1. The molecule has 112 valence electrons. The predicted molar refractivity (Wildman–Crippen MR) is 83.2 cm³/mol. The summed E-state index contributed by atoms with van der Waals surface area (Å²) in [5.41, 5.74) is 5.56. The van der Waals surface area contributed by atoms with Crippen LogP contribution >= 0.6 is 28.3 Å². The lowest BCUT2D eigenvalue weighted by Crippen LogP contribution is -2.46. The van der Waals surface area contributed by atoms with Gasteiger partial charge in [0.1, 0.15) is 5.75 Å². The molecule has 0 aliphatic carbocycles. The van der Waals surface area contributed by atoms with Crippen LogP contribution in [0.3, 0.4) is 0 Å². The molecule has 0 saturated carbocycles. The third-order valence-corrected chi connectivity index (χ3v) is 4.02. The Balaban J connectivity index is 0.00000200. The zero-order valence-electron chi connectivity index (χ0n) is 10.9. The molecule has 0 bridgehead atoms. The molecule has 5 nitrogen and oxygen atoms in total. The maximum Gasteiger partial charge on any atom is 0.232 e. The van der Waals surface area contributed by atoms with E-state index in [0.29, 0.717) is 31.7 Å². The highest BCUT2D eigenvalue weighted by Gasteiger charge is 2.39. The maximum absolute atomic E-state index is 12.4. The normalized spacial score (nSPS) is 17.1. The molecule has 2 rings (SSSR count). The lowest BCUT2D eigenvalue weighted by Gasteiger charge is -2.34. The summed E-state index contributed by atoms with van der Waals surface area (Å²) in [4.78, 5) is 12.4. The van der Waals surface area contributed by atoms with E-state index in [1.807, 2.05) is 0 Å². The monoisotopic (exact) mass is 364 g/mol. The molecular weight excluding hydrogens is 348 g/mol. The van der Waals surface area contributed by atoms with Crippen molar-refractivity contribution in [2.24, 2.45) is 11.1 Å². The molecule has 7 heteroatoms. The van der Waals surface area contributed by atoms with Gasteiger partial charge >= 0.3 is 0 Å². The number of amides is 1. The summed E-state index contributed by atoms with van der Waals surface area (Å²) in [5, 5.41) is 12.5. The van der Waals surface area contributed by atoms with Gasteiger partial charge in [0.05, 0.1) is 11.1 Å². The minimum absolute atomic E-state index is 0. The molecule has 1 aromatic carbocycles. The molecule has 1 heterocycles. The first-order valence-electron chi connectivity index (χ1n) is 6.15. The SMILES string of the molecule is Cl.NCC1(C(=O)Nc2cc(Br)ccc2O)CCOCC1. The Kier molecular flexibility index (Phi) is 6.26. The van der Waals surface area contributed by atoms with Crippen LogP contribution in [0.2, 0.25) is 0 Å². The fourth-order valence-corrected chi connectivity index (χ4v) is 2.51. The predicted octanol–water partition coefficient (Wildman–Crippen LogP) is 2.27. The van der Waals surface area contributed by atoms with Crippen molar-refractivity contribution in [3.63, 3.8) is 0 Å². The third kappa shape index (κ3) is 3.63. The van der Waals surface area contributed by atoms with Crippen LogP contribution in [-0.2, 0) is 9.53 Å². The first-order valence-corrected chi connectivity index (χ1v) is 6.94. The molecule has 20 heavy (non-hydrogen) atoms.